The molecule has 11 heteroatoms. The van der Waals surface area contributed by atoms with Crippen molar-refractivity contribution in [2.24, 2.45) is 11.8 Å². The van der Waals surface area contributed by atoms with Crippen molar-refractivity contribution in [3.63, 3.8) is 0 Å². The number of Topliss-reactive ketones (excluding diaryl/α,β-unsaturated/α-hetero) is 1. The minimum absolute atomic E-state index is 0.0557. The summed E-state index contributed by atoms with van der Waals surface area (Å²) in [6, 6.07) is 10.6. The Hall–Kier alpha value is -2.22. The number of hydrogen-bond acceptors (Lipinski definition) is 6. The van der Waals surface area contributed by atoms with E-state index in [1.807, 2.05) is 32.1 Å². The molecule has 0 spiro atoms. The van der Waals surface area contributed by atoms with Crippen LogP contribution < -0.4 is 4.74 Å². The van der Waals surface area contributed by atoms with E-state index < -0.39 is 34.5 Å². The number of carbonyl (C=O) groups is 2. The summed E-state index contributed by atoms with van der Waals surface area (Å²) in [6.45, 7) is 16.7. The van der Waals surface area contributed by atoms with Gasteiger partial charge in [-0.15, -0.1) is 0 Å². The molecule has 0 aliphatic heterocycles. The van der Waals surface area contributed by atoms with E-state index in [2.05, 4.69) is 47.6 Å². The molecule has 1 aromatic carbocycles. The van der Waals surface area contributed by atoms with E-state index in [1.54, 1.807) is 0 Å². The van der Waals surface area contributed by atoms with Crippen molar-refractivity contribution in [2.75, 3.05) is 6.61 Å². The van der Waals surface area contributed by atoms with E-state index >= 15 is 0 Å². The van der Waals surface area contributed by atoms with E-state index in [4.69, 9.17) is 18.3 Å². The quantitative estimate of drug-likeness (QED) is 0.0513. The highest BCUT2D eigenvalue weighted by atomic mass is 28.4. The van der Waals surface area contributed by atoms with E-state index in [1.165, 1.54) is 12.1 Å². The number of unbranched alkanes of at least 4 members (excludes halogenated alkanes) is 1. The number of ketones is 1. The third-order valence-corrected chi connectivity index (χ3v) is 19.5. The van der Waals surface area contributed by atoms with Gasteiger partial charge in [0.15, 0.2) is 16.6 Å². The molecule has 1 unspecified atom stereocenters. The molecule has 0 bridgehead atoms. The Kier molecular flexibility index (Phi) is 18.0. The zero-order valence-electron chi connectivity index (χ0n) is 31.1. The molecule has 0 N–H and O–H groups in total. The van der Waals surface area contributed by atoms with Crippen LogP contribution in [-0.2, 0) is 29.4 Å². The maximum atomic E-state index is 13.6. The molecule has 278 valence electrons. The van der Waals surface area contributed by atoms with Gasteiger partial charge in [-0.2, -0.15) is 13.2 Å². The molecular weight excluding hydrogens is 666 g/mol. The molecule has 1 fully saturated rings. The van der Waals surface area contributed by atoms with Gasteiger partial charge < -0.3 is 18.3 Å². The second kappa shape index (κ2) is 20.6. The lowest BCUT2D eigenvalue weighted by Crippen LogP contribution is -2.42. The molecular formula is C38H61F3O6Si2. The molecule has 0 aromatic heterocycles. The second-order valence-electron chi connectivity index (χ2n) is 13.5. The average Bonchev–Trinajstić information content (AvgIpc) is 3.37. The molecule has 4 atom stereocenters. The van der Waals surface area contributed by atoms with Gasteiger partial charge in [0.05, 0.1) is 23.9 Å². The molecule has 1 aliphatic rings. The highest BCUT2D eigenvalue weighted by Crippen LogP contribution is 2.39. The maximum absolute atomic E-state index is 13.6. The number of allylic oxidation sites excluding steroid dienone is 2. The van der Waals surface area contributed by atoms with Gasteiger partial charge in [0, 0.05) is 24.7 Å². The molecule has 6 nitrogen and oxygen atoms in total. The number of carbonyl (C=O) groups excluding carboxylic acids is 2. The largest absolute Gasteiger partial charge is 0.491 e. The zero-order chi connectivity index (χ0) is 36.7. The van der Waals surface area contributed by atoms with Gasteiger partial charge in [0.1, 0.15) is 18.1 Å². The van der Waals surface area contributed by atoms with Crippen LogP contribution in [0.3, 0.4) is 0 Å². The Bertz CT molecular complexity index is 1190. The first-order valence-electron chi connectivity index (χ1n) is 18.4. The Balaban J connectivity index is 2.36. The van der Waals surface area contributed by atoms with Crippen LogP contribution in [0.4, 0.5) is 13.2 Å². The molecule has 0 saturated heterocycles. The summed E-state index contributed by atoms with van der Waals surface area (Å²) < 4.78 is 65.1. The molecule has 0 heterocycles. The fraction of sp³-hybridized carbons (Fsp3) is 0.684. The number of esters is 1. The molecule has 2 rings (SSSR count). The minimum Gasteiger partial charge on any atom is -0.491 e. The lowest BCUT2D eigenvalue weighted by Gasteiger charge is -2.34. The first-order valence-corrected chi connectivity index (χ1v) is 23.5. The van der Waals surface area contributed by atoms with Crippen LogP contribution in [0.15, 0.2) is 48.6 Å². The van der Waals surface area contributed by atoms with Crippen LogP contribution in [-0.4, -0.2) is 53.3 Å². The van der Waals surface area contributed by atoms with Crippen molar-refractivity contribution in [1.29, 1.82) is 0 Å². The predicted octanol–water partition coefficient (Wildman–Crippen LogP) is 10.7. The Morgan fingerprint density at radius 1 is 0.959 bits per heavy atom. The summed E-state index contributed by atoms with van der Waals surface area (Å²) in [5.74, 6) is -0.333. The number of rotatable bonds is 22. The summed E-state index contributed by atoms with van der Waals surface area (Å²) in [5.41, 5.74) is -0.760. The van der Waals surface area contributed by atoms with E-state index in [-0.39, 0.29) is 48.2 Å². The standard InChI is InChI=1S/C38H61F3O6Si2/c1-9-48(10-2,11-3)46-32(28-44-31-21-19-20-30(26-31)38(39,40)41)24-25-34-33(22-17-15-16-18-23-37(43)45-29(7)8)35(42)27-36(34)47-49(12-4,13-5)14-6/h15,17,19-21,24-26,29,32-34,36H,9-14,16,18,22-23,27-28H2,1-8H3/t32?,33-,34-,36-/m1/s1. The zero-order valence-corrected chi connectivity index (χ0v) is 33.1. The summed E-state index contributed by atoms with van der Waals surface area (Å²) in [7, 11) is -4.17. The Morgan fingerprint density at radius 2 is 1.59 bits per heavy atom. The van der Waals surface area contributed by atoms with E-state index in [0.29, 0.717) is 32.1 Å². The number of alkyl halides is 3. The summed E-state index contributed by atoms with van der Waals surface area (Å²) in [5, 5.41) is 0. The van der Waals surface area contributed by atoms with Crippen molar-refractivity contribution in [3.05, 3.63) is 54.1 Å². The van der Waals surface area contributed by atoms with Crippen molar-refractivity contribution in [3.8, 4) is 5.75 Å². The molecule has 49 heavy (non-hydrogen) atoms. The first kappa shape index (κ1) is 42.9. The van der Waals surface area contributed by atoms with Crippen molar-refractivity contribution in [2.45, 2.75) is 148 Å². The summed E-state index contributed by atoms with van der Waals surface area (Å²) >= 11 is 0. The second-order valence-corrected chi connectivity index (χ2v) is 23.0. The third kappa shape index (κ3) is 13.4. The van der Waals surface area contributed by atoms with Gasteiger partial charge in [-0.1, -0.05) is 71.9 Å². The molecule has 1 saturated carbocycles. The fourth-order valence-electron chi connectivity index (χ4n) is 6.64. The maximum Gasteiger partial charge on any atom is 0.416 e. The smallest absolute Gasteiger partial charge is 0.416 e. The van der Waals surface area contributed by atoms with E-state index in [9.17, 15) is 22.8 Å². The number of ether oxygens (including phenoxy) is 2. The third-order valence-electron chi connectivity index (χ3n) is 10.2. The average molecular weight is 727 g/mol. The molecule has 0 radical (unpaired) electrons. The van der Waals surface area contributed by atoms with Crippen molar-refractivity contribution >= 4 is 28.4 Å². The Labute approximate surface area is 295 Å². The van der Waals surface area contributed by atoms with Gasteiger partial charge >= 0.3 is 12.1 Å². The van der Waals surface area contributed by atoms with Crippen LogP contribution in [0.2, 0.25) is 36.3 Å². The van der Waals surface area contributed by atoms with Gasteiger partial charge in [-0.05, 0) is 87.6 Å². The predicted molar refractivity (Wildman–Crippen MR) is 196 cm³/mol. The first-order chi connectivity index (χ1) is 23.2. The fourth-order valence-corrected chi connectivity index (χ4v) is 12.3. The van der Waals surface area contributed by atoms with Gasteiger partial charge in [-0.25, -0.2) is 0 Å². The number of benzene rings is 1. The van der Waals surface area contributed by atoms with Gasteiger partial charge in [0.2, 0.25) is 0 Å². The van der Waals surface area contributed by atoms with Crippen LogP contribution >= 0.6 is 0 Å². The Morgan fingerprint density at radius 3 is 2.16 bits per heavy atom. The van der Waals surface area contributed by atoms with Gasteiger partial charge in [0.25, 0.3) is 0 Å². The summed E-state index contributed by atoms with van der Waals surface area (Å²) in [6.07, 6.45) is 5.44. The molecule has 0 amide bonds. The lowest BCUT2D eigenvalue weighted by atomic mass is 9.90. The minimum atomic E-state index is -4.47. The van der Waals surface area contributed by atoms with Gasteiger partial charge in [-0.3, -0.25) is 9.59 Å². The summed E-state index contributed by atoms with van der Waals surface area (Å²) in [4.78, 5) is 25.4. The van der Waals surface area contributed by atoms with Crippen LogP contribution in [0, 0.1) is 11.8 Å². The van der Waals surface area contributed by atoms with Crippen LogP contribution in [0.1, 0.15) is 93.1 Å². The number of halogens is 3. The molecule has 1 aromatic rings. The van der Waals surface area contributed by atoms with Crippen LogP contribution in [0.25, 0.3) is 0 Å². The number of hydrogen-bond donors (Lipinski definition) is 0. The van der Waals surface area contributed by atoms with E-state index in [0.717, 1.165) is 48.4 Å². The molecule has 1 aliphatic carbocycles. The van der Waals surface area contributed by atoms with Crippen LogP contribution in [0.5, 0.6) is 5.75 Å². The van der Waals surface area contributed by atoms with Crippen molar-refractivity contribution < 1.29 is 41.1 Å². The highest BCUT2D eigenvalue weighted by Gasteiger charge is 2.45. The lowest BCUT2D eigenvalue weighted by molar-refractivity contribution is -0.147. The topological polar surface area (TPSA) is 71.1 Å². The normalized spacial score (nSPS) is 19.8. The monoisotopic (exact) mass is 726 g/mol. The van der Waals surface area contributed by atoms with Crippen molar-refractivity contribution in [1.82, 2.24) is 0 Å². The SMILES string of the molecule is CC[Si](CC)(CC)OC(C=C[C@H]1[C@H](O[Si](CC)(CC)CC)CC(=O)[C@@H]1CC=CCCCC(=O)OC(C)C)COc1cccc(C(F)(F)F)c1. The highest BCUT2D eigenvalue weighted by molar-refractivity contribution is 6.74.